The van der Waals surface area contributed by atoms with Gasteiger partial charge in [0.1, 0.15) is 23.8 Å². The van der Waals surface area contributed by atoms with Crippen LogP contribution >= 0.6 is 0 Å². The molecule has 8 heteroatoms. The molecule has 1 aromatic carbocycles. The number of nitrogens with zero attached hydrogens (tertiary/aromatic N) is 3. The van der Waals surface area contributed by atoms with Gasteiger partial charge in [0.25, 0.3) is 5.56 Å². The summed E-state index contributed by atoms with van der Waals surface area (Å²) in [6.45, 7) is 1.58. The third-order valence-electron chi connectivity index (χ3n) is 4.00. The lowest BCUT2D eigenvalue weighted by Gasteiger charge is -2.12. The second-order valence-corrected chi connectivity index (χ2v) is 6.00. The van der Waals surface area contributed by atoms with Crippen molar-refractivity contribution in [1.29, 1.82) is 0 Å². The molecule has 3 aromatic rings. The van der Waals surface area contributed by atoms with Gasteiger partial charge in [0, 0.05) is 17.3 Å². The molecule has 28 heavy (non-hydrogen) atoms. The second kappa shape index (κ2) is 8.34. The van der Waals surface area contributed by atoms with Crippen LogP contribution in [-0.4, -0.2) is 34.9 Å². The van der Waals surface area contributed by atoms with Crippen LogP contribution in [0.2, 0.25) is 0 Å². The largest absolute Gasteiger partial charge is 0.497 e. The summed E-state index contributed by atoms with van der Waals surface area (Å²) in [6.07, 6.45) is 0. The number of aromatic nitrogens is 3. The van der Waals surface area contributed by atoms with Gasteiger partial charge < -0.3 is 14.8 Å². The van der Waals surface area contributed by atoms with Crippen molar-refractivity contribution in [3.63, 3.8) is 0 Å². The Hall–Kier alpha value is -3.68. The number of carbonyl (C=O) groups is 1. The molecule has 0 aliphatic rings. The van der Waals surface area contributed by atoms with Crippen LogP contribution in [0.4, 0.5) is 5.82 Å². The summed E-state index contributed by atoms with van der Waals surface area (Å²) in [5, 5.41) is 6.99. The topological polar surface area (TPSA) is 95.3 Å². The van der Waals surface area contributed by atoms with Gasteiger partial charge in [-0.25, -0.2) is 9.67 Å². The van der Waals surface area contributed by atoms with Crippen molar-refractivity contribution in [2.45, 2.75) is 13.5 Å². The van der Waals surface area contributed by atoms with Gasteiger partial charge in [-0.3, -0.25) is 9.59 Å². The zero-order valence-corrected chi connectivity index (χ0v) is 15.8. The van der Waals surface area contributed by atoms with Gasteiger partial charge in [0.15, 0.2) is 5.75 Å². The minimum Gasteiger partial charge on any atom is -0.497 e. The molecule has 0 radical (unpaired) electrons. The Morgan fingerprint density at radius 1 is 1.11 bits per heavy atom. The lowest BCUT2D eigenvalue weighted by atomic mass is 10.1. The van der Waals surface area contributed by atoms with Gasteiger partial charge in [-0.1, -0.05) is 6.07 Å². The highest BCUT2D eigenvalue weighted by atomic mass is 16.5. The average molecular weight is 380 g/mol. The number of anilines is 1. The lowest BCUT2D eigenvalue weighted by molar-refractivity contribution is -0.117. The third kappa shape index (κ3) is 4.35. The smallest absolute Gasteiger partial charge is 0.270 e. The van der Waals surface area contributed by atoms with E-state index < -0.39 is 11.5 Å². The Kier molecular flexibility index (Phi) is 5.69. The van der Waals surface area contributed by atoms with Crippen LogP contribution in [0.1, 0.15) is 5.69 Å². The SMILES string of the molecule is COc1ccc(-c2nn(CC(=O)Nc3cccc(C)n3)c(=O)cc2OC)cc1. The van der Waals surface area contributed by atoms with Crippen molar-refractivity contribution < 1.29 is 14.3 Å². The van der Waals surface area contributed by atoms with Gasteiger partial charge in [-0.05, 0) is 43.3 Å². The van der Waals surface area contributed by atoms with Gasteiger partial charge in [0.05, 0.1) is 14.2 Å². The van der Waals surface area contributed by atoms with Crippen molar-refractivity contribution in [3.05, 3.63) is 64.6 Å². The summed E-state index contributed by atoms with van der Waals surface area (Å²) in [5.41, 5.74) is 1.51. The summed E-state index contributed by atoms with van der Waals surface area (Å²) in [5.74, 6) is 1.04. The molecule has 8 nitrogen and oxygen atoms in total. The number of amides is 1. The summed E-state index contributed by atoms with van der Waals surface area (Å²) in [4.78, 5) is 28.9. The minimum atomic E-state index is -0.443. The molecule has 3 rings (SSSR count). The number of carbonyl (C=O) groups excluding carboxylic acids is 1. The molecule has 0 aliphatic heterocycles. The minimum absolute atomic E-state index is 0.248. The Morgan fingerprint density at radius 2 is 1.86 bits per heavy atom. The number of methoxy groups -OCH3 is 2. The van der Waals surface area contributed by atoms with E-state index in [0.29, 0.717) is 23.0 Å². The Morgan fingerprint density at radius 3 is 2.50 bits per heavy atom. The Bertz CT molecular complexity index is 1040. The highest BCUT2D eigenvalue weighted by Gasteiger charge is 2.14. The number of nitrogens with one attached hydrogen (secondary N) is 1. The van der Waals surface area contributed by atoms with Crippen LogP contribution in [0.5, 0.6) is 11.5 Å². The van der Waals surface area contributed by atoms with Gasteiger partial charge in [-0.2, -0.15) is 5.10 Å². The van der Waals surface area contributed by atoms with Crippen molar-refractivity contribution in [2.75, 3.05) is 19.5 Å². The molecule has 0 bridgehead atoms. The molecule has 144 valence electrons. The highest BCUT2D eigenvalue weighted by molar-refractivity contribution is 5.89. The summed E-state index contributed by atoms with van der Waals surface area (Å²) in [6, 6.07) is 13.8. The van der Waals surface area contributed by atoms with Crippen LogP contribution in [0.3, 0.4) is 0 Å². The van der Waals surface area contributed by atoms with Crippen molar-refractivity contribution >= 4 is 11.7 Å². The Labute approximate surface area is 161 Å². The first-order chi connectivity index (χ1) is 13.5. The Balaban J connectivity index is 1.88. The number of ether oxygens (including phenoxy) is 2. The van der Waals surface area contributed by atoms with Crippen LogP contribution in [0.15, 0.2) is 53.3 Å². The number of hydrogen-bond donors (Lipinski definition) is 1. The maximum atomic E-state index is 12.3. The maximum absolute atomic E-state index is 12.3. The molecule has 2 heterocycles. The highest BCUT2D eigenvalue weighted by Crippen LogP contribution is 2.27. The van der Waals surface area contributed by atoms with E-state index >= 15 is 0 Å². The van der Waals surface area contributed by atoms with E-state index in [1.165, 1.54) is 13.2 Å². The van der Waals surface area contributed by atoms with E-state index in [0.717, 1.165) is 15.9 Å². The lowest BCUT2D eigenvalue weighted by Crippen LogP contribution is -2.30. The maximum Gasteiger partial charge on any atom is 0.270 e. The van der Waals surface area contributed by atoms with Gasteiger partial charge >= 0.3 is 0 Å². The zero-order chi connectivity index (χ0) is 20.1. The molecular formula is C20H20N4O4. The number of rotatable bonds is 6. The molecule has 0 aliphatic carbocycles. The first kappa shape index (κ1) is 19.1. The van der Waals surface area contributed by atoms with Crippen molar-refractivity contribution in [3.8, 4) is 22.8 Å². The van der Waals surface area contributed by atoms with Crippen LogP contribution in [0, 0.1) is 6.92 Å². The van der Waals surface area contributed by atoms with E-state index in [1.54, 1.807) is 43.5 Å². The molecule has 0 saturated heterocycles. The molecule has 0 saturated carbocycles. The molecule has 1 N–H and O–H groups in total. The van der Waals surface area contributed by atoms with Crippen molar-refractivity contribution in [2.24, 2.45) is 0 Å². The fourth-order valence-corrected chi connectivity index (χ4v) is 2.62. The van der Waals surface area contributed by atoms with Gasteiger partial charge in [0.2, 0.25) is 5.91 Å². The molecule has 1 amide bonds. The molecule has 2 aromatic heterocycles. The summed E-state index contributed by atoms with van der Waals surface area (Å²) >= 11 is 0. The predicted octanol–water partition coefficient (Wildman–Crippen LogP) is 2.27. The number of aryl methyl sites for hydroxylation is 1. The van der Waals surface area contributed by atoms with Gasteiger partial charge in [-0.15, -0.1) is 0 Å². The molecular weight excluding hydrogens is 360 g/mol. The summed E-state index contributed by atoms with van der Waals surface area (Å²) < 4.78 is 11.5. The summed E-state index contributed by atoms with van der Waals surface area (Å²) in [7, 11) is 3.04. The van der Waals surface area contributed by atoms with E-state index in [9.17, 15) is 9.59 Å². The first-order valence-corrected chi connectivity index (χ1v) is 8.54. The standard InChI is InChI=1S/C20H20N4O4/c1-13-5-4-6-17(21-13)22-18(25)12-24-19(26)11-16(28-3)20(23-24)14-7-9-15(27-2)10-8-14/h4-11H,12H2,1-3H3,(H,21,22,25). The normalized spacial score (nSPS) is 10.4. The second-order valence-electron chi connectivity index (χ2n) is 6.00. The monoisotopic (exact) mass is 380 g/mol. The predicted molar refractivity (Wildman–Crippen MR) is 105 cm³/mol. The third-order valence-corrected chi connectivity index (χ3v) is 4.00. The number of hydrogen-bond acceptors (Lipinski definition) is 6. The number of pyridine rings is 1. The quantitative estimate of drug-likeness (QED) is 0.705. The number of benzene rings is 1. The van der Waals surface area contributed by atoms with E-state index in [-0.39, 0.29) is 6.54 Å². The molecule has 0 fully saturated rings. The first-order valence-electron chi connectivity index (χ1n) is 8.54. The van der Waals surface area contributed by atoms with Crippen LogP contribution in [-0.2, 0) is 11.3 Å². The van der Waals surface area contributed by atoms with Crippen LogP contribution in [0.25, 0.3) is 11.3 Å². The van der Waals surface area contributed by atoms with E-state index in [1.807, 2.05) is 13.0 Å². The molecule has 0 atom stereocenters. The fraction of sp³-hybridized carbons (Fsp3) is 0.200. The molecule has 0 unspecified atom stereocenters. The average Bonchev–Trinajstić information content (AvgIpc) is 2.69. The van der Waals surface area contributed by atoms with E-state index in [2.05, 4.69) is 15.4 Å². The fourth-order valence-electron chi connectivity index (χ4n) is 2.62. The van der Waals surface area contributed by atoms with E-state index in [4.69, 9.17) is 9.47 Å². The van der Waals surface area contributed by atoms with Crippen LogP contribution < -0.4 is 20.3 Å². The molecule has 0 spiro atoms. The van der Waals surface area contributed by atoms with Crippen molar-refractivity contribution in [1.82, 2.24) is 14.8 Å². The zero-order valence-electron chi connectivity index (χ0n) is 15.8.